The number of likely N-dealkylation sites (tertiary alicyclic amines) is 1. The molecule has 0 bridgehead atoms. The molecule has 1 aromatic heterocycles. The molecule has 4 rings (SSSR count). The van der Waals surface area contributed by atoms with Crippen LogP contribution >= 0.6 is 11.3 Å². The number of aromatic nitrogens is 1. The van der Waals surface area contributed by atoms with Crippen molar-refractivity contribution in [3.63, 3.8) is 0 Å². The number of anilines is 1. The zero-order chi connectivity index (χ0) is 19.2. The Bertz CT molecular complexity index is 749. The number of nitrogens with zero attached hydrogens (tertiary/aromatic N) is 4. The highest BCUT2D eigenvalue weighted by atomic mass is 32.1. The van der Waals surface area contributed by atoms with Gasteiger partial charge in [-0.3, -0.25) is 9.69 Å². The van der Waals surface area contributed by atoms with Crippen molar-refractivity contribution >= 4 is 22.4 Å². The number of aryl methyl sites for hydroxylation is 1. The van der Waals surface area contributed by atoms with E-state index in [0.717, 1.165) is 44.3 Å². The second-order valence-corrected chi connectivity index (χ2v) is 8.65. The van der Waals surface area contributed by atoms with Gasteiger partial charge in [-0.1, -0.05) is 36.8 Å². The zero-order valence-electron chi connectivity index (χ0n) is 16.6. The third kappa shape index (κ3) is 5.11. The third-order valence-electron chi connectivity index (χ3n) is 5.75. The van der Waals surface area contributed by atoms with Gasteiger partial charge < -0.3 is 9.80 Å². The number of rotatable bonds is 6. The lowest BCUT2D eigenvalue weighted by molar-refractivity contribution is -0.131. The van der Waals surface area contributed by atoms with Crippen molar-refractivity contribution in [3.05, 3.63) is 47.0 Å². The number of hydrogen-bond donors (Lipinski definition) is 0. The monoisotopic (exact) mass is 398 g/mol. The molecule has 150 valence electrons. The molecule has 3 heterocycles. The molecule has 0 radical (unpaired) electrons. The minimum absolute atomic E-state index is 0.272. The lowest BCUT2D eigenvalue weighted by Crippen LogP contribution is -2.48. The zero-order valence-corrected chi connectivity index (χ0v) is 17.4. The van der Waals surface area contributed by atoms with Gasteiger partial charge in [-0.15, -0.1) is 11.3 Å². The SMILES string of the molecule is O=C(CCc1ccccc1)N1CCN(c2nc(CN3CCCCC3)cs2)CC1. The van der Waals surface area contributed by atoms with E-state index in [-0.39, 0.29) is 5.91 Å². The molecule has 1 aromatic carbocycles. The summed E-state index contributed by atoms with van der Waals surface area (Å²) in [6, 6.07) is 10.3. The van der Waals surface area contributed by atoms with E-state index in [2.05, 4.69) is 27.3 Å². The van der Waals surface area contributed by atoms with E-state index in [1.54, 1.807) is 11.3 Å². The van der Waals surface area contributed by atoms with Crippen molar-refractivity contribution in [2.45, 2.75) is 38.6 Å². The predicted molar refractivity (Wildman–Crippen MR) is 115 cm³/mol. The Morgan fingerprint density at radius 2 is 1.71 bits per heavy atom. The summed E-state index contributed by atoms with van der Waals surface area (Å²) in [6.45, 7) is 6.76. The molecular formula is C22H30N4OS. The summed E-state index contributed by atoms with van der Waals surface area (Å²) >= 11 is 1.75. The van der Waals surface area contributed by atoms with Crippen molar-refractivity contribution in [2.75, 3.05) is 44.2 Å². The molecule has 2 aliphatic rings. The smallest absolute Gasteiger partial charge is 0.223 e. The van der Waals surface area contributed by atoms with Crippen LogP contribution in [-0.2, 0) is 17.8 Å². The van der Waals surface area contributed by atoms with Gasteiger partial charge in [-0.25, -0.2) is 4.98 Å². The molecule has 2 aliphatic heterocycles. The second kappa shape index (κ2) is 9.52. The Labute approximate surface area is 172 Å². The summed E-state index contributed by atoms with van der Waals surface area (Å²) in [6.07, 6.45) is 5.43. The summed E-state index contributed by atoms with van der Waals surface area (Å²) in [7, 11) is 0. The molecule has 0 aliphatic carbocycles. The Kier molecular flexibility index (Phi) is 6.60. The van der Waals surface area contributed by atoms with Crippen LogP contribution < -0.4 is 4.90 Å². The standard InChI is InChI=1S/C22H30N4OS/c27-21(10-9-19-7-3-1-4-8-19)25-13-15-26(16-14-25)22-23-20(18-28-22)17-24-11-5-2-6-12-24/h1,3-4,7-8,18H,2,5-6,9-17H2. The van der Waals surface area contributed by atoms with Crippen LogP contribution in [0.25, 0.3) is 0 Å². The Hall–Kier alpha value is -1.92. The van der Waals surface area contributed by atoms with Crippen LogP contribution in [0.5, 0.6) is 0 Å². The van der Waals surface area contributed by atoms with Gasteiger partial charge in [0.1, 0.15) is 0 Å². The fraction of sp³-hybridized carbons (Fsp3) is 0.545. The third-order valence-corrected chi connectivity index (χ3v) is 6.70. The van der Waals surface area contributed by atoms with E-state index in [1.807, 2.05) is 23.1 Å². The Morgan fingerprint density at radius 3 is 2.46 bits per heavy atom. The molecular weight excluding hydrogens is 368 g/mol. The van der Waals surface area contributed by atoms with E-state index in [0.29, 0.717) is 6.42 Å². The fourth-order valence-electron chi connectivity index (χ4n) is 4.06. The van der Waals surface area contributed by atoms with Gasteiger partial charge in [0.05, 0.1) is 5.69 Å². The maximum Gasteiger partial charge on any atom is 0.223 e. The maximum absolute atomic E-state index is 12.5. The van der Waals surface area contributed by atoms with E-state index in [4.69, 9.17) is 4.98 Å². The summed E-state index contributed by atoms with van der Waals surface area (Å²) in [5, 5.41) is 3.32. The van der Waals surface area contributed by atoms with Crippen molar-refractivity contribution in [1.29, 1.82) is 0 Å². The van der Waals surface area contributed by atoms with Crippen LogP contribution in [0, 0.1) is 0 Å². The Balaban J connectivity index is 1.23. The molecule has 0 N–H and O–H groups in total. The van der Waals surface area contributed by atoms with Gasteiger partial charge in [0.15, 0.2) is 5.13 Å². The van der Waals surface area contributed by atoms with Crippen LogP contribution in [0.15, 0.2) is 35.7 Å². The highest BCUT2D eigenvalue weighted by Crippen LogP contribution is 2.23. The molecule has 2 fully saturated rings. The number of carbonyl (C=O) groups excluding carboxylic acids is 1. The van der Waals surface area contributed by atoms with Crippen LogP contribution in [0.3, 0.4) is 0 Å². The molecule has 0 unspecified atom stereocenters. The normalized spacial score (nSPS) is 18.4. The molecule has 1 amide bonds. The molecule has 5 nitrogen and oxygen atoms in total. The van der Waals surface area contributed by atoms with Crippen LogP contribution in [0.4, 0.5) is 5.13 Å². The van der Waals surface area contributed by atoms with Gasteiger partial charge in [0.25, 0.3) is 0 Å². The summed E-state index contributed by atoms with van der Waals surface area (Å²) < 4.78 is 0. The molecule has 0 spiro atoms. The molecule has 2 saturated heterocycles. The van der Waals surface area contributed by atoms with Crippen molar-refractivity contribution in [1.82, 2.24) is 14.8 Å². The summed E-state index contributed by atoms with van der Waals surface area (Å²) in [4.78, 5) is 24.3. The number of piperidine rings is 1. The first-order valence-electron chi connectivity index (χ1n) is 10.5. The lowest BCUT2D eigenvalue weighted by Gasteiger charge is -2.34. The first-order valence-corrected chi connectivity index (χ1v) is 11.4. The van der Waals surface area contributed by atoms with Gasteiger partial charge >= 0.3 is 0 Å². The van der Waals surface area contributed by atoms with Crippen LogP contribution in [0.2, 0.25) is 0 Å². The van der Waals surface area contributed by atoms with Gasteiger partial charge in [0, 0.05) is 44.5 Å². The predicted octanol–water partition coefficient (Wildman–Crippen LogP) is 3.41. The largest absolute Gasteiger partial charge is 0.345 e. The highest BCUT2D eigenvalue weighted by molar-refractivity contribution is 7.13. The fourth-order valence-corrected chi connectivity index (χ4v) is 4.93. The summed E-state index contributed by atoms with van der Waals surface area (Å²) in [5.41, 5.74) is 2.43. The van der Waals surface area contributed by atoms with Crippen LogP contribution in [0.1, 0.15) is 36.9 Å². The average molecular weight is 399 g/mol. The number of piperazine rings is 1. The minimum Gasteiger partial charge on any atom is -0.345 e. The average Bonchev–Trinajstić information content (AvgIpc) is 3.22. The van der Waals surface area contributed by atoms with Crippen molar-refractivity contribution in [2.24, 2.45) is 0 Å². The maximum atomic E-state index is 12.5. The molecule has 0 atom stereocenters. The number of carbonyl (C=O) groups is 1. The first-order chi connectivity index (χ1) is 13.8. The second-order valence-electron chi connectivity index (χ2n) is 7.81. The topological polar surface area (TPSA) is 39.7 Å². The van der Waals surface area contributed by atoms with Crippen molar-refractivity contribution in [3.8, 4) is 0 Å². The Morgan fingerprint density at radius 1 is 0.964 bits per heavy atom. The van der Waals surface area contributed by atoms with E-state index in [9.17, 15) is 4.79 Å². The quantitative estimate of drug-likeness (QED) is 0.748. The van der Waals surface area contributed by atoms with E-state index in [1.165, 1.54) is 43.6 Å². The molecule has 2 aromatic rings. The lowest BCUT2D eigenvalue weighted by atomic mass is 10.1. The van der Waals surface area contributed by atoms with Crippen molar-refractivity contribution < 1.29 is 4.79 Å². The van der Waals surface area contributed by atoms with E-state index < -0.39 is 0 Å². The number of hydrogen-bond acceptors (Lipinski definition) is 5. The summed E-state index contributed by atoms with van der Waals surface area (Å²) in [5.74, 6) is 0.272. The molecule has 0 saturated carbocycles. The minimum atomic E-state index is 0.272. The number of benzene rings is 1. The number of amides is 1. The van der Waals surface area contributed by atoms with E-state index >= 15 is 0 Å². The molecule has 28 heavy (non-hydrogen) atoms. The van der Waals surface area contributed by atoms with Gasteiger partial charge in [-0.05, 0) is 37.9 Å². The van der Waals surface area contributed by atoms with Crippen LogP contribution in [-0.4, -0.2) is 60.0 Å². The number of thiazole rings is 1. The molecule has 6 heteroatoms. The first kappa shape index (κ1) is 19.4. The van der Waals surface area contributed by atoms with Gasteiger partial charge in [-0.2, -0.15) is 0 Å². The van der Waals surface area contributed by atoms with Gasteiger partial charge in [0.2, 0.25) is 5.91 Å². The highest BCUT2D eigenvalue weighted by Gasteiger charge is 2.23.